The van der Waals surface area contributed by atoms with Gasteiger partial charge in [-0.25, -0.2) is 8.42 Å². The molecule has 112 valence electrons. The SMILES string of the molecule is CC(C)c1ccccc1NS(=O)(=O)CC1CCNCC1. The standard InChI is InChI=1S/C15H24N2O2S/c1-12(2)14-5-3-4-6-15(14)17-20(18,19)11-13-7-9-16-10-8-13/h3-6,12-13,16-17H,7-11H2,1-2H3. The molecular weight excluding hydrogens is 272 g/mol. The number of anilines is 1. The summed E-state index contributed by atoms with van der Waals surface area (Å²) in [7, 11) is -3.27. The Kier molecular flexibility index (Phi) is 5.05. The van der Waals surface area contributed by atoms with Gasteiger partial charge in [0.15, 0.2) is 0 Å². The fourth-order valence-corrected chi connectivity index (χ4v) is 4.22. The first-order valence-corrected chi connectivity index (χ1v) is 8.93. The van der Waals surface area contributed by atoms with E-state index in [1.54, 1.807) is 0 Å². The van der Waals surface area contributed by atoms with Crippen LogP contribution >= 0.6 is 0 Å². The number of hydrogen-bond acceptors (Lipinski definition) is 3. The number of hydrogen-bond donors (Lipinski definition) is 2. The first-order chi connectivity index (χ1) is 9.48. The Hall–Kier alpha value is -1.07. The van der Waals surface area contributed by atoms with Crippen molar-refractivity contribution in [2.45, 2.75) is 32.6 Å². The van der Waals surface area contributed by atoms with Crippen LogP contribution in [0.15, 0.2) is 24.3 Å². The number of sulfonamides is 1. The van der Waals surface area contributed by atoms with Crippen LogP contribution in [0.3, 0.4) is 0 Å². The molecule has 1 aliphatic rings. The summed E-state index contributed by atoms with van der Waals surface area (Å²) in [6.07, 6.45) is 1.87. The molecule has 1 saturated heterocycles. The van der Waals surface area contributed by atoms with E-state index in [0.717, 1.165) is 37.2 Å². The summed E-state index contributed by atoms with van der Waals surface area (Å²) in [5.74, 6) is 0.786. The summed E-state index contributed by atoms with van der Waals surface area (Å²) < 4.78 is 27.4. The Morgan fingerprint density at radius 3 is 2.55 bits per heavy atom. The van der Waals surface area contributed by atoms with Crippen molar-refractivity contribution in [3.63, 3.8) is 0 Å². The van der Waals surface area contributed by atoms with Gasteiger partial charge in [-0.1, -0.05) is 32.0 Å². The predicted octanol–water partition coefficient (Wildman–Crippen LogP) is 2.55. The van der Waals surface area contributed by atoms with Crippen LogP contribution in [0.2, 0.25) is 0 Å². The van der Waals surface area contributed by atoms with Gasteiger partial charge in [-0.3, -0.25) is 4.72 Å². The maximum Gasteiger partial charge on any atom is 0.233 e. The van der Waals surface area contributed by atoms with Gasteiger partial charge in [0.1, 0.15) is 0 Å². The number of rotatable bonds is 5. The van der Waals surface area contributed by atoms with Gasteiger partial charge in [-0.05, 0) is 49.4 Å². The van der Waals surface area contributed by atoms with Crippen LogP contribution in [0.1, 0.15) is 38.2 Å². The second-order valence-corrected chi connectivity index (χ2v) is 7.59. The van der Waals surface area contributed by atoms with Crippen molar-refractivity contribution >= 4 is 15.7 Å². The molecule has 1 aromatic rings. The van der Waals surface area contributed by atoms with Crippen LogP contribution < -0.4 is 10.0 Å². The van der Waals surface area contributed by atoms with E-state index in [4.69, 9.17) is 0 Å². The Bertz CT molecular complexity index is 535. The van der Waals surface area contributed by atoms with Gasteiger partial charge in [0.2, 0.25) is 10.0 Å². The van der Waals surface area contributed by atoms with Crippen LogP contribution in [0.4, 0.5) is 5.69 Å². The summed E-state index contributed by atoms with van der Waals surface area (Å²) in [5, 5.41) is 3.26. The molecule has 0 atom stereocenters. The van der Waals surface area contributed by atoms with Crippen LogP contribution in [0.5, 0.6) is 0 Å². The molecule has 0 bridgehead atoms. The minimum atomic E-state index is -3.27. The molecule has 0 aliphatic carbocycles. The molecule has 20 heavy (non-hydrogen) atoms. The molecule has 2 rings (SSSR count). The molecule has 1 fully saturated rings. The van der Waals surface area contributed by atoms with Gasteiger partial charge in [-0.2, -0.15) is 0 Å². The molecular formula is C15H24N2O2S. The number of para-hydroxylation sites is 1. The molecule has 4 nitrogen and oxygen atoms in total. The van der Waals surface area contributed by atoms with E-state index in [2.05, 4.69) is 23.9 Å². The fourth-order valence-electron chi connectivity index (χ4n) is 2.66. The van der Waals surface area contributed by atoms with Crippen molar-refractivity contribution in [1.82, 2.24) is 5.32 Å². The average molecular weight is 296 g/mol. The van der Waals surface area contributed by atoms with E-state index in [1.165, 1.54) is 0 Å². The summed E-state index contributed by atoms with van der Waals surface area (Å²) in [6.45, 7) is 5.98. The Labute approximate surface area is 122 Å². The molecule has 0 spiro atoms. The number of nitrogens with one attached hydrogen (secondary N) is 2. The third-order valence-corrected chi connectivity index (χ3v) is 5.20. The van der Waals surface area contributed by atoms with Gasteiger partial charge >= 0.3 is 0 Å². The van der Waals surface area contributed by atoms with Crippen molar-refractivity contribution < 1.29 is 8.42 Å². The summed E-state index contributed by atoms with van der Waals surface area (Å²) >= 11 is 0. The van der Waals surface area contributed by atoms with E-state index in [9.17, 15) is 8.42 Å². The topological polar surface area (TPSA) is 58.2 Å². The quantitative estimate of drug-likeness (QED) is 0.878. The Morgan fingerprint density at radius 2 is 1.90 bits per heavy atom. The van der Waals surface area contributed by atoms with E-state index < -0.39 is 10.0 Å². The van der Waals surface area contributed by atoms with Gasteiger partial charge in [0.05, 0.1) is 11.4 Å². The van der Waals surface area contributed by atoms with Crippen molar-refractivity contribution in [2.75, 3.05) is 23.6 Å². The third kappa shape index (κ3) is 4.21. The molecule has 1 heterocycles. The van der Waals surface area contributed by atoms with Crippen molar-refractivity contribution in [3.05, 3.63) is 29.8 Å². The highest BCUT2D eigenvalue weighted by Gasteiger charge is 2.22. The molecule has 2 N–H and O–H groups in total. The number of piperidine rings is 1. The molecule has 0 amide bonds. The van der Waals surface area contributed by atoms with Crippen LogP contribution in [-0.4, -0.2) is 27.3 Å². The fraction of sp³-hybridized carbons (Fsp3) is 0.600. The van der Waals surface area contributed by atoms with Crippen molar-refractivity contribution in [1.29, 1.82) is 0 Å². The molecule has 0 radical (unpaired) electrons. The lowest BCUT2D eigenvalue weighted by Gasteiger charge is -2.23. The smallest absolute Gasteiger partial charge is 0.233 e. The number of benzene rings is 1. The second-order valence-electron chi connectivity index (χ2n) is 5.82. The maximum absolute atomic E-state index is 12.3. The lowest BCUT2D eigenvalue weighted by Crippen LogP contribution is -2.33. The first-order valence-electron chi connectivity index (χ1n) is 7.28. The van der Waals surface area contributed by atoms with Crippen molar-refractivity contribution in [2.24, 2.45) is 5.92 Å². The molecule has 1 aliphatic heterocycles. The molecule has 0 unspecified atom stereocenters. The van der Waals surface area contributed by atoms with Gasteiger partial charge in [0.25, 0.3) is 0 Å². The molecule has 5 heteroatoms. The third-order valence-electron chi connectivity index (χ3n) is 3.76. The van der Waals surface area contributed by atoms with Crippen LogP contribution in [-0.2, 0) is 10.0 Å². The van der Waals surface area contributed by atoms with Crippen LogP contribution in [0.25, 0.3) is 0 Å². The van der Waals surface area contributed by atoms with Crippen molar-refractivity contribution in [3.8, 4) is 0 Å². The largest absolute Gasteiger partial charge is 0.317 e. The minimum Gasteiger partial charge on any atom is -0.317 e. The zero-order valence-electron chi connectivity index (χ0n) is 12.2. The highest BCUT2D eigenvalue weighted by Crippen LogP contribution is 2.25. The highest BCUT2D eigenvalue weighted by atomic mass is 32.2. The zero-order chi connectivity index (χ0) is 14.6. The van der Waals surface area contributed by atoms with Gasteiger partial charge in [-0.15, -0.1) is 0 Å². The minimum absolute atomic E-state index is 0.223. The molecule has 1 aromatic carbocycles. The Morgan fingerprint density at radius 1 is 1.25 bits per heavy atom. The second kappa shape index (κ2) is 6.59. The predicted molar refractivity (Wildman–Crippen MR) is 83.5 cm³/mol. The van der Waals surface area contributed by atoms with Gasteiger partial charge < -0.3 is 5.32 Å². The monoisotopic (exact) mass is 296 g/mol. The lowest BCUT2D eigenvalue weighted by atomic mass is 10.0. The highest BCUT2D eigenvalue weighted by molar-refractivity contribution is 7.92. The zero-order valence-corrected chi connectivity index (χ0v) is 13.0. The van der Waals surface area contributed by atoms with E-state index >= 15 is 0 Å². The summed E-state index contributed by atoms with van der Waals surface area (Å²) in [5.41, 5.74) is 1.76. The normalized spacial score (nSPS) is 17.4. The van der Waals surface area contributed by atoms with Gasteiger partial charge in [0, 0.05) is 0 Å². The first kappa shape index (κ1) is 15.3. The summed E-state index contributed by atoms with van der Waals surface area (Å²) in [4.78, 5) is 0. The van der Waals surface area contributed by atoms with E-state index in [0.29, 0.717) is 5.92 Å². The van der Waals surface area contributed by atoms with Crippen LogP contribution in [0, 0.1) is 5.92 Å². The maximum atomic E-state index is 12.3. The summed E-state index contributed by atoms with van der Waals surface area (Å²) in [6, 6.07) is 7.64. The van der Waals surface area contributed by atoms with E-state index in [-0.39, 0.29) is 11.7 Å². The molecule has 0 aromatic heterocycles. The Balaban J connectivity index is 2.08. The lowest BCUT2D eigenvalue weighted by molar-refractivity contribution is 0.402. The average Bonchev–Trinajstić information content (AvgIpc) is 2.39. The van der Waals surface area contributed by atoms with E-state index in [1.807, 2.05) is 24.3 Å². The molecule has 0 saturated carbocycles.